The van der Waals surface area contributed by atoms with Crippen molar-refractivity contribution in [3.63, 3.8) is 0 Å². The Balaban J connectivity index is 2.31. The first kappa shape index (κ1) is 15.7. The summed E-state index contributed by atoms with van der Waals surface area (Å²) >= 11 is 0. The Morgan fingerprint density at radius 2 is 2.14 bits per heavy atom. The van der Waals surface area contributed by atoms with Crippen molar-refractivity contribution in [2.75, 3.05) is 7.11 Å². The van der Waals surface area contributed by atoms with Crippen LogP contribution in [-0.4, -0.2) is 21.7 Å². The van der Waals surface area contributed by atoms with Crippen LogP contribution in [0.2, 0.25) is 0 Å². The lowest BCUT2D eigenvalue weighted by Crippen LogP contribution is -2.23. The quantitative estimate of drug-likeness (QED) is 0.671. The molecule has 0 amide bonds. The molecule has 0 fully saturated rings. The highest BCUT2D eigenvalue weighted by molar-refractivity contribution is 5.36. The van der Waals surface area contributed by atoms with E-state index in [1.54, 1.807) is 24.3 Å². The molecule has 0 radical (unpaired) electrons. The number of hydrogen-bond donors (Lipinski definition) is 1. The van der Waals surface area contributed by atoms with Crippen LogP contribution in [0.15, 0.2) is 41.3 Å². The maximum absolute atomic E-state index is 11.9. The average Bonchev–Trinajstić information content (AvgIpc) is 2.49. The number of hydrogen-bond acceptors (Lipinski definition) is 5. The molecule has 0 saturated heterocycles. The van der Waals surface area contributed by atoms with Crippen LogP contribution in [0.25, 0.3) is 0 Å². The van der Waals surface area contributed by atoms with Crippen LogP contribution in [0, 0.1) is 17.0 Å². The maximum Gasteiger partial charge on any atom is 0.288 e. The summed E-state index contributed by atoms with van der Waals surface area (Å²) < 4.78 is 6.21. The van der Waals surface area contributed by atoms with Gasteiger partial charge in [0.05, 0.1) is 30.9 Å². The van der Waals surface area contributed by atoms with Crippen LogP contribution >= 0.6 is 0 Å². The minimum atomic E-state index is -0.977. The zero-order valence-electron chi connectivity index (χ0n) is 12.2. The van der Waals surface area contributed by atoms with E-state index in [1.165, 1.54) is 20.1 Å². The zero-order valence-corrected chi connectivity index (χ0v) is 12.2. The summed E-state index contributed by atoms with van der Waals surface area (Å²) in [5, 5.41) is 21.2. The lowest BCUT2D eigenvalue weighted by Gasteiger charge is -2.14. The van der Waals surface area contributed by atoms with Crippen molar-refractivity contribution in [1.82, 2.24) is 4.57 Å². The van der Waals surface area contributed by atoms with Crippen molar-refractivity contribution in [3.05, 3.63) is 68.1 Å². The molecule has 1 heterocycles. The maximum atomic E-state index is 11.9. The third kappa shape index (κ3) is 3.32. The molecule has 22 heavy (non-hydrogen) atoms. The van der Waals surface area contributed by atoms with Crippen molar-refractivity contribution < 1.29 is 14.8 Å². The first-order valence-electron chi connectivity index (χ1n) is 6.60. The number of aromatic nitrogens is 1. The van der Waals surface area contributed by atoms with Crippen LogP contribution in [0.3, 0.4) is 0 Å². The van der Waals surface area contributed by atoms with Gasteiger partial charge in [0.25, 0.3) is 11.2 Å². The van der Waals surface area contributed by atoms with E-state index in [1.807, 2.05) is 0 Å². The van der Waals surface area contributed by atoms with E-state index >= 15 is 0 Å². The highest BCUT2D eigenvalue weighted by atomic mass is 16.6. The summed E-state index contributed by atoms with van der Waals surface area (Å²) in [7, 11) is 1.51. The molecule has 0 aliphatic carbocycles. The summed E-state index contributed by atoms with van der Waals surface area (Å²) in [6.45, 7) is 1.43. The molecule has 2 aromatic rings. The van der Waals surface area contributed by atoms with Gasteiger partial charge in [0, 0.05) is 11.6 Å². The Hall–Kier alpha value is -2.67. The first-order chi connectivity index (χ1) is 10.4. The molecule has 1 aromatic carbocycles. The Kier molecular flexibility index (Phi) is 4.57. The number of aliphatic hydroxyl groups excluding tert-OH is 1. The van der Waals surface area contributed by atoms with Gasteiger partial charge < -0.3 is 14.4 Å². The standard InChI is InChI=1S/C15H16N2O5/c1-10-6-15(19)16(8-13(10)17(20)21)9-14(18)11-4-3-5-12(7-11)22-2/h3-8,14,18H,9H2,1-2H3. The first-order valence-corrected chi connectivity index (χ1v) is 6.60. The number of ether oxygens (including phenoxy) is 1. The van der Waals surface area contributed by atoms with Crippen molar-refractivity contribution in [1.29, 1.82) is 0 Å². The summed E-state index contributed by atoms with van der Waals surface area (Å²) in [5.74, 6) is 0.582. The molecular formula is C15H16N2O5. The van der Waals surface area contributed by atoms with Crippen LogP contribution in [0.5, 0.6) is 5.75 Å². The van der Waals surface area contributed by atoms with Gasteiger partial charge in [0.2, 0.25) is 0 Å². The Bertz CT molecular complexity index is 754. The third-order valence-corrected chi connectivity index (χ3v) is 3.35. The molecule has 7 heteroatoms. The second kappa shape index (κ2) is 6.40. The molecule has 0 saturated carbocycles. The molecule has 0 aliphatic rings. The van der Waals surface area contributed by atoms with Gasteiger partial charge in [-0.05, 0) is 24.6 Å². The monoisotopic (exact) mass is 304 g/mol. The topological polar surface area (TPSA) is 94.6 Å². The van der Waals surface area contributed by atoms with Crippen molar-refractivity contribution >= 4 is 5.69 Å². The van der Waals surface area contributed by atoms with Crippen LogP contribution in [-0.2, 0) is 6.54 Å². The number of methoxy groups -OCH3 is 1. The molecule has 1 atom stereocenters. The summed E-state index contributed by atoms with van der Waals surface area (Å²) in [4.78, 5) is 22.3. The molecule has 1 N–H and O–H groups in total. The second-order valence-electron chi connectivity index (χ2n) is 4.88. The molecule has 0 bridgehead atoms. The molecule has 0 spiro atoms. The fraction of sp³-hybridized carbons (Fsp3) is 0.267. The number of aliphatic hydroxyl groups is 1. The number of aryl methyl sites for hydroxylation is 1. The SMILES string of the molecule is COc1cccc(C(O)Cn2cc([N+](=O)[O-])c(C)cc2=O)c1. The Morgan fingerprint density at radius 1 is 1.41 bits per heavy atom. The number of nitrogens with zero attached hydrogens (tertiary/aromatic N) is 2. The second-order valence-corrected chi connectivity index (χ2v) is 4.88. The largest absolute Gasteiger partial charge is 0.497 e. The minimum absolute atomic E-state index is 0.0763. The Labute approximate surface area is 126 Å². The molecule has 7 nitrogen and oxygen atoms in total. The Morgan fingerprint density at radius 3 is 2.77 bits per heavy atom. The van der Waals surface area contributed by atoms with E-state index in [4.69, 9.17) is 4.74 Å². The predicted octanol–water partition coefficient (Wildman–Crippen LogP) is 1.81. The normalized spacial score (nSPS) is 12.0. The number of nitro groups is 1. The van der Waals surface area contributed by atoms with Gasteiger partial charge in [-0.15, -0.1) is 0 Å². The van der Waals surface area contributed by atoms with E-state index in [9.17, 15) is 20.0 Å². The molecule has 116 valence electrons. The van der Waals surface area contributed by atoms with Gasteiger partial charge in [-0.3, -0.25) is 14.9 Å². The van der Waals surface area contributed by atoms with E-state index in [-0.39, 0.29) is 12.2 Å². The summed E-state index contributed by atoms with van der Waals surface area (Å²) in [5.41, 5.74) is 0.305. The fourth-order valence-electron chi connectivity index (χ4n) is 2.13. The van der Waals surface area contributed by atoms with Crippen LogP contribution < -0.4 is 10.3 Å². The smallest absolute Gasteiger partial charge is 0.288 e. The van der Waals surface area contributed by atoms with E-state index in [0.717, 1.165) is 10.8 Å². The molecular weight excluding hydrogens is 288 g/mol. The molecule has 2 rings (SSSR count). The van der Waals surface area contributed by atoms with Gasteiger partial charge in [-0.25, -0.2) is 0 Å². The van der Waals surface area contributed by atoms with Gasteiger partial charge in [0.15, 0.2) is 0 Å². The lowest BCUT2D eigenvalue weighted by atomic mass is 10.1. The van der Waals surface area contributed by atoms with Crippen molar-refractivity contribution in [2.24, 2.45) is 0 Å². The molecule has 0 aliphatic heterocycles. The van der Waals surface area contributed by atoms with Gasteiger partial charge >= 0.3 is 0 Å². The van der Waals surface area contributed by atoms with Gasteiger partial charge in [0.1, 0.15) is 5.75 Å². The van der Waals surface area contributed by atoms with E-state index < -0.39 is 16.6 Å². The minimum Gasteiger partial charge on any atom is -0.497 e. The van der Waals surface area contributed by atoms with Gasteiger partial charge in [-0.1, -0.05) is 12.1 Å². The highest BCUT2D eigenvalue weighted by Gasteiger charge is 2.16. The highest BCUT2D eigenvalue weighted by Crippen LogP contribution is 2.21. The summed E-state index contributed by atoms with van der Waals surface area (Å²) in [6.07, 6.45) is 0.177. The third-order valence-electron chi connectivity index (χ3n) is 3.35. The van der Waals surface area contributed by atoms with Crippen molar-refractivity contribution in [2.45, 2.75) is 19.6 Å². The molecule has 1 unspecified atom stereocenters. The average molecular weight is 304 g/mol. The summed E-state index contributed by atoms with van der Waals surface area (Å²) in [6, 6.07) is 7.99. The predicted molar refractivity (Wildman–Crippen MR) is 80.0 cm³/mol. The van der Waals surface area contributed by atoms with Gasteiger partial charge in [-0.2, -0.15) is 0 Å². The van der Waals surface area contributed by atoms with Crippen molar-refractivity contribution in [3.8, 4) is 5.75 Å². The van der Waals surface area contributed by atoms with E-state index in [2.05, 4.69) is 0 Å². The number of pyridine rings is 1. The fourth-order valence-corrected chi connectivity index (χ4v) is 2.13. The van der Waals surface area contributed by atoms with Crippen LogP contribution in [0.1, 0.15) is 17.2 Å². The molecule has 1 aromatic heterocycles. The van der Waals surface area contributed by atoms with Crippen LogP contribution in [0.4, 0.5) is 5.69 Å². The number of benzene rings is 1. The van der Waals surface area contributed by atoms with E-state index in [0.29, 0.717) is 16.9 Å². The lowest BCUT2D eigenvalue weighted by molar-refractivity contribution is -0.386. The zero-order chi connectivity index (χ0) is 16.3. The number of rotatable bonds is 5.